The lowest BCUT2D eigenvalue weighted by Crippen LogP contribution is -2.46. The fourth-order valence-electron chi connectivity index (χ4n) is 2.72. The summed E-state index contributed by atoms with van der Waals surface area (Å²) in [7, 11) is 1.68. The Balaban J connectivity index is 2.20. The molecular formula is C14H18ClNO3. The molecule has 4 nitrogen and oxygen atoms in total. The Labute approximate surface area is 117 Å². The smallest absolute Gasteiger partial charge is 0.407 e. The lowest BCUT2D eigenvalue weighted by molar-refractivity contribution is 0.0693. The molecule has 0 aliphatic carbocycles. The van der Waals surface area contributed by atoms with E-state index in [1.165, 1.54) is 10.5 Å². The van der Waals surface area contributed by atoms with Crippen LogP contribution in [0.4, 0.5) is 4.79 Å². The summed E-state index contributed by atoms with van der Waals surface area (Å²) in [5.41, 5.74) is 1.06. The van der Waals surface area contributed by atoms with Gasteiger partial charge in [0.2, 0.25) is 0 Å². The molecule has 1 aromatic carbocycles. The first-order chi connectivity index (χ1) is 9.07. The molecule has 1 amide bonds. The summed E-state index contributed by atoms with van der Waals surface area (Å²) in [5.74, 6) is 0. The molecule has 0 aromatic heterocycles. The molecule has 1 saturated heterocycles. The van der Waals surface area contributed by atoms with Crippen molar-refractivity contribution in [1.82, 2.24) is 4.90 Å². The summed E-state index contributed by atoms with van der Waals surface area (Å²) in [6, 6.07) is 7.77. The van der Waals surface area contributed by atoms with Crippen molar-refractivity contribution in [1.29, 1.82) is 0 Å². The summed E-state index contributed by atoms with van der Waals surface area (Å²) in [4.78, 5) is 12.4. The van der Waals surface area contributed by atoms with Gasteiger partial charge < -0.3 is 14.7 Å². The van der Waals surface area contributed by atoms with Crippen LogP contribution in [0.2, 0.25) is 5.02 Å². The summed E-state index contributed by atoms with van der Waals surface area (Å²) < 4.78 is 5.37. The minimum Gasteiger partial charge on any atom is -0.465 e. The molecule has 0 bridgehead atoms. The van der Waals surface area contributed by atoms with Gasteiger partial charge in [-0.3, -0.25) is 0 Å². The van der Waals surface area contributed by atoms with E-state index < -0.39 is 6.09 Å². The van der Waals surface area contributed by atoms with E-state index in [0.717, 1.165) is 12.8 Å². The summed E-state index contributed by atoms with van der Waals surface area (Å²) in [6.07, 6.45) is 0.700. The van der Waals surface area contributed by atoms with Gasteiger partial charge in [-0.15, -0.1) is 0 Å². The number of hydrogen-bond acceptors (Lipinski definition) is 2. The Morgan fingerprint density at radius 2 is 1.95 bits per heavy atom. The van der Waals surface area contributed by atoms with Gasteiger partial charge in [0.05, 0.1) is 6.61 Å². The average molecular weight is 284 g/mol. The zero-order valence-electron chi connectivity index (χ0n) is 10.9. The molecule has 5 heteroatoms. The number of carbonyl (C=O) groups is 1. The van der Waals surface area contributed by atoms with E-state index in [4.69, 9.17) is 21.4 Å². The third kappa shape index (κ3) is 3.01. The fourth-order valence-corrected chi connectivity index (χ4v) is 2.85. The number of carboxylic acid groups (broad SMARTS) is 1. The van der Waals surface area contributed by atoms with Crippen molar-refractivity contribution < 1.29 is 14.6 Å². The first-order valence-corrected chi connectivity index (χ1v) is 6.68. The highest BCUT2D eigenvalue weighted by Crippen LogP contribution is 2.36. The molecule has 1 N–H and O–H groups in total. The van der Waals surface area contributed by atoms with Gasteiger partial charge in [0.15, 0.2) is 0 Å². The number of halogens is 1. The summed E-state index contributed by atoms with van der Waals surface area (Å²) in [5, 5.41) is 9.73. The maximum Gasteiger partial charge on any atom is 0.407 e. The number of methoxy groups -OCH3 is 1. The van der Waals surface area contributed by atoms with E-state index in [-0.39, 0.29) is 5.41 Å². The lowest BCUT2D eigenvalue weighted by atomic mass is 9.73. The molecule has 0 radical (unpaired) electrons. The van der Waals surface area contributed by atoms with Crippen LogP contribution in [0.15, 0.2) is 24.3 Å². The number of amides is 1. The number of hydrogen-bond donors (Lipinski definition) is 1. The molecule has 1 aromatic rings. The molecule has 1 aliphatic heterocycles. The molecule has 1 aliphatic rings. The second kappa shape index (κ2) is 5.80. The predicted molar refractivity (Wildman–Crippen MR) is 73.8 cm³/mol. The van der Waals surface area contributed by atoms with Crippen LogP contribution in [0.25, 0.3) is 0 Å². The van der Waals surface area contributed by atoms with Crippen LogP contribution in [-0.4, -0.2) is 42.9 Å². The standard InChI is InChI=1S/C14H18ClNO3/c1-19-10-14(11-2-4-12(15)5-3-11)6-8-16(9-7-14)13(17)18/h2-5H,6-10H2,1H3,(H,17,18). The van der Waals surface area contributed by atoms with Gasteiger partial charge in [-0.2, -0.15) is 0 Å². The SMILES string of the molecule is COCC1(c2ccc(Cl)cc2)CCN(C(=O)O)CC1. The second-order valence-electron chi connectivity index (χ2n) is 4.99. The number of rotatable bonds is 3. The molecule has 104 valence electrons. The number of piperidine rings is 1. The Hall–Kier alpha value is -1.26. The molecule has 0 atom stereocenters. The molecule has 2 rings (SSSR count). The van der Waals surface area contributed by atoms with E-state index in [0.29, 0.717) is 24.7 Å². The van der Waals surface area contributed by atoms with Crippen LogP contribution < -0.4 is 0 Å². The number of ether oxygens (including phenoxy) is 1. The van der Waals surface area contributed by atoms with Crippen LogP contribution in [0.3, 0.4) is 0 Å². The zero-order valence-corrected chi connectivity index (χ0v) is 11.7. The van der Waals surface area contributed by atoms with Gasteiger partial charge in [0.25, 0.3) is 0 Å². The van der Waals surface area contributed by atoms with Crippen molar-refractivity contribution in [3.05, 3.63) is 34.9 Å². The largest absolute Gasteiger partial charge is 0.465 e. The van der Waals surface area contributed by atoms with Gasteiger partial charge >= 0.3 is 6.09 Å². The average Bonchev–Trinajstić information content (AvgIpc) is 2.40. The first kappa shape index (κ1) is 14.2. The van der Waals surface area contributed by atoms with Gasteiger partial charge in [-0.25, -0.2) is 4.79 Å². The Morgan fingerprint density at radius 3 is 2.42 bits per heavy atom. The van der Waals surface area contributed by atoms with E-state index >= 15 is 0 Å². The molecular weight excluding hydrogens is 266 g/mol. The van der Waals surface area contributed by atoms with Crippen LogP contribution in [0, 0.1) is 0 Å². The van der Waals surface area contributed by atoms with E-state index in [1.54, 1.807) is 7.11 Å². The van der Waals surface area contributed by atoms with Crippen molar-refractivity contribution in [2.75, 3.05) is 26.8 Å². The van der Waals surface area contributed by atoms with Crippen molar-refractivity contribution in [2.24, 2.45) is 0 Å². The molecule has 1 fully saturated rings. The van der Waals surface area contributed by atoms with E-state index in [9.17, 15) is 4.79 Å². The van der Waals surface area contributed by atoms with Gasteiger partial charge in [0.1, 0.15) is 0 Å². The highest BCUT2D eigenvalue weighted by atomic mass is 35.5. The Morgan fingerprint density at radius 1 is 1.37 bits per heavy atom. The maximum absolute atomic E-state index is 11.0. The van der Waals surface area contributed by atoms with E-state index in [1.807, 2.05) is 24.3 Å². The minimum absolute atomic E-state index is 0.106. The topological polar surface area (TPSA) is 49.8 Å². The van der Waals surface area contributed by atoms with Crippen LogP contribution >= 0.6 is 11.6 Å². The Bertz CT molecular complexity index is 439. The minimum atomic E-state index is -0.845. The van der Waals surface area contributed by atoms with Crippen molar-refractivity contribution in [2.45, 2.75) is 18.3 Å². The normalized spacial score (nSPS) is 18.3. The molecule has 0 saturated carbocycles. The number of benzene rings is 1. The highest BCUT2D eigenvalue weighted by Gasteiger charge is 2.37. The van der Waals surface area contributed by atoms with Crippen LogP contribution in [-0.2, 0) is 10.2 Å². The van der Waals surface area contributed by atoms with Crippen molar-refractivity contribution >= 4 is 17.7 Å². The third-order valence-corrected chi connectivity index (χ3v) is 4.12. The quantitative estimate of drug-likeness (QED) is 0.928. The molecule has 0 unspecified atom stereocenters. The summed E-state index contributed by atoms with van der Waals surface area (Å²) >= 11 is 5.92. The zero-order chi connectivity index (χ0) is 13.9. The van der Waals surface area contributed by atoms with Gasteiger partial charge in [0, 0.05) is 30.6 Å². The number of likely N-dealkylation sites (tertiary alicyclic amines) is 1. The third-order valence-electron chi connectivity index (χ3n) is 3.87. The first-order valence-electron chi connectivity index (χ1n) is 6.30. The second-order valence-corrected chi connectivity index (χ2v) is 5.43. The molecule has 0 spiro atoms. The van der Waals surface area contributed by atoms with Gasteiger partial charge in [-0.05, 0) is 30.5 Å². The van der Waals surface area contributed by atoms with Crippen molar-refractivity contribution in [3.8, 4) is 0 Å². The van der Waals surface area contributed by atoms with Gasteiger partial charge in [-0.1, -0.05) is 23.7 Å². The molecule has 19 heavy (non-hydrogen) atoms. The summed E-state index contributed by atoms with van der Waals surface area (Å²) in [6.45, 7) is 1.69. The number of nitrogens with zero attached hydrogens (tertiary/aromatic N) is 1. The molecule has 1 heterocycles. The predicted octanol–water partition coefficient (Wildman–Crippen LogP) is 3.00. The monoisotopic (exact) mass is 283 g/mol. The lowest BCUT2D eigenvalue weighted by Gasteiger charge is -2.41. The van der Waals surface area contributed by atoms with Crippen molar-refractivity contribution in [3.63, 3.8) is 0 Å². The van der Waals surface area contributed by atoms with E-state index in [2.05, 4.69) is 0 Å². The maximum atomic E-state index is 11.0. The fraction of sp³-hybridized carbons (Fsp3) is 0.500. The van der Waals surface area contributed by atoms with Crippen LogP contribution in [0.1, 0.15) is 18.4 Å². The highest BCUT2D eigenvalue weighted by molar-refractivity contribution is 6.30. The van der Waals surface area contributed by atoms with Crippen LogP contribution in [0.5, 0.6) is 0 Å². The Kier molecular flexibility index (Phi) is 4.32.